The molecule has 1 saturated carbocycles. The number of rotatable bonds is 7. The Balaban J connectivity index is 2.05. The largest absolute Gasteiger partial charge is 0.496 e. The summed E-state index contributed by atoms with van der Waals surface area (Å²) in [5.41, 5.74) is 2.63. The Morgan fingerprint density at radius 1 is 1.39 bits per heavy atom. The Morgan fingerprint density at radius 2 is 2.17 bits per heavy atom. The molecule has 1 aromatic carbocycles. The van der Waals surface area contributed by atoms with Gasteiger partial charge in [-0.05, 0) is 49.4 Å². The molecular formula is C16H25NO. The van der Waals surface area contributed by atoms with E-state index in [9.17, 15) is 0 Å². The van der Waals surface area contributed by atoms with Crippen molar-refractivity contribution in [2.45, 2.75) is 45.6 Å². The number of nitrogens with one attached hydrogen (secondary N) is 1. The Kier molecular flexibility index (Phi) is 4.65. The minimum absolute atomic E-state index is 0.500. The van der Waals surface area contributed by atoms with Crippen molar-refractivity contribution < 1.29 is 4.74 Å². The van der Waals surface area contributed by atoms with Gasteiger partial charge >= 0.3 is 0 Å². The fourth-order valence-corrected chi connectivity index (χ4v) is 2.56. The molecule has 2 nitrogen and oxygen atoms in total. The standard InChI is InChI=1S/C16H25NO/c1-4-17-15(9-7-13-5-6-13)14-8-10-16(18-3)12(2)11-14/h8,10-11,13,15,17H,4-7,9H2,1-3H3. The Morgan fingerprint density at radius 3 is 2.72 bits per heavy atom. The molecule has 1 aliphatic rings. The maximum absolute atomic E-state index is 5.33. The first-order valence-corrected chi connectivity index (χ1v) is 7.12. The van der Waals surface area contributed by atoms with Crippen LogP contribution in [0.3, 0.4) is 0 Å². The molecule has 0 saturated heterocycles. The van der Waals surface area contributed by atoms with Gasteiger partial charge in [-0.1, -0.05) is 31.9 Å². The molecule has 0 aliphatic heterocycles. The van der Waals surface area contributed by atoms with E-state index in [-0.39, 0.29) is 0 Å². The van der Waals surface area contributed by atoms with Crippen LogP contribution in [-0.4, -0.2) is 13.7 Å². The highest BCUT2D eigenvalue weighted by atomic mass is 16.5. The molecule has 0 amide bonds. The molecule has 1 unspecified atom stereocenters. The number of benzene rings is 1. The minimum atomic E-state index is 0.500. The van der Waals surface area contributed by atoms with Crippen LogP contribution >= 0.6 is 0 Å². The van der Waals surface area contributed by atoms with Crippen LogP contribution in [0, 0.1) is 12.8 Å². The second kappa shape index (κ2) is 6.24. The van der Waals surface area contributed by atoms with Gasteiger partial charge in [0.25, 0.3) is 0 Å². The molecule has 1 atom stereocenters. The van der Waals surface area contributed by atoms with E-state index < -0.39 is 0 Å². The Bertz CT molecular complexity index is 385. The highest BCUT2D eigenvalue weighted by molar-refractivity contribution is 5.37. The maximum atomic E-state index is 5.33. The monoisotopic (exact) mass is 247 g/mol. The lowest BCUT2D eigenvalue weighted by Crippen LogP contribution is -2.21. The SMILES string of the molecule is CCNC(CCC1CC1)c1ccc(OC)c(C)c1. The number of hydrogen-bond acceptors (Lipinski definition) is 2. The molecule has 1 N–H and O–H groups in total. The number of ether oxygens (including phenoxy) is 1. The predicted molar refractivity (Wildman–Crippen MR) is 76.1 cm³/mol. The van der Waals surface area contributed by atoms with Crippen LogP contribution in [-0.2, 0) is 0 Å². The van der Waals surface area contributed by atoms with E-state index in [1.54, 1.807) is 7.11 Å². The summed E-state index contributed by atoms with van der Waals surface area (Å²) in [6, 6.07) is 7.05. The summed E-state index contributed by atoms with van der Waals surface area (Å²) in [5.74, 6) is 1.99. The average molecular weight is 247 g/mol. The zero-order valence-electron chi connectivity index (χ0n) is 11.8. The van der Waals surface area contributed by atoms with Crippen molar-refractivity contribution in [3.63, 3.8) is 0 Å². The van der Waals surface area contributed by atoms with Gasteiger partial charge in [-0.3, -0.25) is 0 Å². The molecule has 0 spiro atoms. The molecule has 2 heteroatoms. The van der Waals surface area contributed by atoms with Crippen molar-refractivity contribution in [2.75, 3.05) is 13.7 Å². The van der Waals surface area contributed by atoms with Gasteiger partial charge in [0.15, 0.2) is 0 Å². The maximum Gasteiger partial charge on any atom is 0.121 e. The smallest absolute Gasteiger partial charge is 0.121 e. The van der Waals surface area contributed by atoms with Gasteiger partial charge in [0.2, 0.25) is 0 Å². The zero-order valence-corrected chi connectivity index (χ0v) is 11.8. The third-order valence-corrected chi connectivity index (χ3v) is 3.83. The summed E-state index contributed by atoms with van der Waals surface area (Å²) in [7, 11) is 1.73. The van der Waals surface area contributed by atoms with Gasteiger partial charge in [-0.2, -0.15) is 0 Å². The van der Waals surface area contributed by atoms with Crippen LogP contribution in [0.5, 0.6) is 5.75 Å². The highest BCUT2D eigenvalue weighted by Gasteiger charge is 2.23. The summed E-state index contributed by atoms with van der Waals surface area (Å²) in [6.07, 6.45) is 5.51. The third kappa shape index (κ3) is 3.49. The van der Waals surface area contributed by atoms with E-state index >= 15 is 0 Å². The molecule has 0 aromatic heterocycles. The first-order valence-electron chi connectivity index (χ1n) is 7.12. The zero-order chi connectivity index (χ0) is 13.0. The first-order chi connectivity index (χ1) is 8.74. The van der Waals surface area contributed by atoms with Gasteiger partial charge in [-0.15, -0.1) is 0 Å². The van der Waals surface area contributed by atoms with Gasteiger partial charge in [-0.25, -0.2) is 0 Å². The lowest BCUT2D eigenvalue weighted by Gasteiger charge is -2.19. The normalized spacial score (nSPS) is 16.6. The molecule has 1 aliphatic carbocycles. The fraction of sp³-hybridized carbons (Fsp3) is 0.625. The Labute approximate surface area is 111 Å². The van der Waals surface area contributed by atoms with Gasteiger partial charge in [0.1, 0.15) is 5.75 Å². The number of methoxy groups -OCH3 is 1. The molecule has 0 bridgehead atoms. The lowest BCUT2D eigenvalue weighted by molar-refractivity contribution is 0.410. The van der Waals surface area contributed by atoms with E-state index in [1.165, 1.54) is 36.8 Å². The lowest BCUT2D eigenvalue weighted by atomic mass is 9.98. The fourth-order valence-electron chi connectivity index (χ4n) is 2.56. The van der Waals surface area contributed by atoms with Crippen LogP contribution in [0.15, 0.2) is 18.2 Å². The van der Waals surface area contributed by atoms with Crippen LogP contribution < -0.4 is 10.1 Å². The first kappa shape index (κ1) is 13.4. The van der Waals surface area contributed by atoms with Crippen molar-refractivity contribution >= 4 is 0 Å². The molecule has 2 rings (SSSR count). The molecular weight excluding hydrogens is 222 g/mol. The van der Waals surface area contributed by atoms with E-state index in [0.717, 1.165) is 18.2 Å². The quantitative estimate of drug-likeness (QED) is 0.790. The van der Waals surface area contributed by atoms with Crippen molar-refractivity contribution in [2.24, 2.45) is 5.92 Å². The van der Waals surface area contributed by atoms with Crippen molar-refractivity contribution in [3.8, 4) is 5.75 Å². The molecule has 0 radical (unpaired) electrons. The number of hydrogen-bond donors (Lipinski definition) is 1. The summed E-state index contributed by atoms with van der Waals surface area (Å²) >= 11 is 0. The summed E-state index contributed by atoms with van der Waals surface area (Å²) < 4.78 is 5.33. The molecule has 100 valence electrons. The van der Waals surface area contributed by atoms with Gasteiger partial charge in [0, 0.05) is 6.04 Å². The van der Waals surface area contributed by atoms with Gasteiger partial charge in [0.05, 0.1) is 7.11 Å². The van der Waals surface area contributed by atoms with Crippen molar-refractivity contribution in [1.82, 2.24) is 5.32 Å². The number of aryl methyl sites for hydroxylation is 1. The molecule has 0 heterocycles. The van der Waals surface area contributed by atoms with Crippen LogP contribution in [0.2, 0.25) is 0 Å². The van der Waals surface area contributed by atoms with Crippen LogP contribution in [0.4, 0.5) is 0 Å². The van der Waals surface area contributed by atoms with Crippen molar-refractivity contribution in [1.29, 1.82) is 0 Å². The molecule has 1 aromatic rings. The van der Waals surface area contributed by atoms with Crippen molar-refractivity contribution in [3.05, 3.63) is 29.3 Å². The highest BCUT2D eigenvalue weighted by Crippen LogP contribution is 2.36. The Hall–Kier alpha value is -1.02. The average Bonchev–Trinajstić information content (AvgIpc) is 3.18. The topological polar surface area (TPSA) is 21.3 Å². The second-order valence-corrected chi connectivity index (χ2v) is 5.36. The van der Waals surface area contributed by atoms with E-state index in [0.29, 0.717) is 6.04 Å². The van der Waals surface area contributed by atoms with Crippen LogP contribution in [0.25, 0.3) is 0 Å². The van der Waals surface area contributed by atoms with Crippen LogP contribution in [0.1, 0.15) is 49.8 Å². The van der Waals surface area contributed by atoms with E-state index in [2.05, 4.69) is 37.4 Å². The third-order valence-electron chi connectivity index (χ3n) is 3.83. The van der Waals surface area contributed by atoms with E-state index in [1.807, 2.05) is 0 Å². The minimum Gasteiger partial charge on any atom is -0.496 e. The summed E-state index contributed by atoms with van der Waals surface area (Å²) in [6.45, 7) is 5.33. The molecule has 18 heavy (non-hydrogen) atoms. The second-order valence-electron chi connectivity index (χ2n) is 5.36. The summed E-state index contributed by atoms with van der Waals surface area (Å²) in [5, 5.41) is 3.61. The summed E-state index contributed by atoms with van der Waals surface area (Å²) in [4.78, 5) is 0. The van der Waals surface area contributed by atoms with Gasteiger partial charge < -0.3 is 10.1 Å². The molecule has 1 fully saturated rings. The van der Waals surface area contributed by atoms with E-state index in [4.69, 9.17) is 4.74 Å². The predicted octanol–water partition coefficient (Wildman–Crippen LogP) is 3.84.